The Hall–Kier alpha value is -2.04. The summed E-state index contributed by atoms with van der Waals surface area (Å²) >= 11 is 0. The first kappa shape index (κ1) is 17.0. The van der Waals surface area contributed by atoms with Crippen molar-refractivity contribution < 1.29 is 14.3 Å². The fourth-order valence-electron chi connectivity index (χ4n) is 2.01. The first-order valence-electron chi connectivity index (χ1n) is 7.32. The van der Waals surface area contributed by atoms with Crippen LogP contribution in [0.25, 0.3) is 0 Å². The number of unbranched alkanes of at least 4 members (excludes halogenated alkanes) is 3. The van der Waals surface area contributed by atoms with Gasteiger partial charge in [-0.15, -0.1) is 0 Å². The molecule has 1 aromatic carbocycles. The molecule has 0 aliphatic rings. The van der Waals surface area contributed by atoms with Gasteiger partial charge in [0.05, 0.1) is 12.8 Å². The molecule has 0 atom stereocenters. The summed E-state index contributed by atoms with van der Waals surface area (Å²) in [6, 6.07) is 4.97. The van der Waals surface area contributed by atoms with E-state index < -0.39 is 0 Å². The Balaban J connectivity index is 2.66. The van der Waals surface area contributed by atoms with Gasteiger partial charge in [0.25, 0.3) is 5.91 Å². The molecule has 0 fully saturated rings. The third-order valence-corrected chi connectivity index (χ3v) is 3.22. The van der Waals surface area contributed by atoms with Crippen molar-refractivity contribution in [2.75, 3.05) is 19.5 Å². The van der Waals surface area contributed by atoms with Crippen molar-refractivity contribution in [1.29, 1.82) is 0 Å². The summed E-state index contributed by atoms with van der Waals surface area (Å²) in [5.41, 5.74) is 1.08. The quantitative estimate of drug-likeness (QED) is 0.724. The standard InChI is InChI=1S/C16H24N2O3/c1-4-5-6-7-8-15(19)18-13-10-9-12(16(20)17-2)11-14(13)21-3/h9-11H,4-8H2,1-3H3,(H,17,20)(H,18,19). The molecular formula is C16H24N2O3. The molecule has 2 N–H and O–H groups in total. The molecule has 116 valence electrons. The number of amides is 2. The van der Waals surface area contributed by atoms with Gasteiger partial charge >= 0.3 is 0 Å². The largest absolute Gasteiger partial charge is 0.495 e. The summed E-state index contributed by atoms with van der Waals surface area (Å²) in [6.07, 6.45) is 4.75. The molecule has 0 bridgehead atoms. The van der Waals surface area contributed by atoms with E-state index in [1.54, 1.807) is 25.2 Å². The van der Waals surface area contributed by atoms with E-state index in [9.17, 15) is 9.59 Å². The Bertz CT molecular complexity index is 486. The fraction of sp³-hybridized carbons (Fsp3) is 0.500. The lowest BCUT2D eigenvalue weighted by atomic mass is 10.1. The minimum Gasteiger partial charge on any atom is -0.495 e. The number of methoxy groups -OCH3 is 1. The van der Waals surface area contributed by atoms with E-state index in [2.05, 4.69) is 17.6 Å². The Morgan fingerprint density at radius 1 is 1.19 bits per heavy atom. The zero-order valence-electron chi connectivity index (χ0n) is 13.0. The number of benzene rings is 1. The number of carbonyl (C=O) groups is 2. The Kier molecular flexibility index (Phi) is 7.29. The zero-order valence-corrected chi connectivity index (χ0v) is 13.0. The molecule has 0 unspecified atom stereocenters. The van der Waals surface area contributed by atoms with Gasteiger partial charge in [-0.25, -0.2) is 0 Å². The van der Waals surface area contributed by atoms with Crippen LogP contribution < -0.4 is 15.4 Å². The summed E-state index contributed by atoms with van der Waals surface area (Å²) in [5.74, 6) is 0.265. The van der Waals surface area contributed by atoms with Crippen LogP contribution in [-0.4, -0.2) is 26.0 Å². The second-order valence-corrected chi connectivity index (χ2v) is 4.85. The minimum atomic E-state index is -0.189. The third kappa shape index (κ3) is 5.45. The Morgan fingerprint density at radius 2 is 1.95 bits per heavy atom. The van der Waals surface area contributed by atoms with Gasteiger partial charge in [-0.3, -0.25) is 9.59 Å². The molecular weight excluding hydrogens is 268 g/mol. The molecule has 1 rings (SSSR count). The van der Waals surface area contributed by atoms with Crippen LogP contribution in [0, 0.1) is 0 Å². The van der Waals surface area contributed by atoms with Crippen LogP contribution in [0.5, 0.6) is 5.75 Å². The molecule has 5 heteroatoms. The molecule has 0 spiro atoms. The molecule has 2 amide bonds. The van der Waals surface area contributed by atoms with Crippen LogP contribution in [0.1, 0.15) is 49.4 Å². The first-order chi connectivity index (χ1) is 10.1. The van der Waals surface area contributed by atoms with E-state index >= 15 is 0 Å². The number of nitrogens with one attached hydrogen (secondary N) is 2. The van der Waals surface area contributed by atoms with E-state index in [0.29, 0.717) is 23.4 Å². The maximum Gasteiger partial charge on any atom is 0.251 e. The Labute approximate surface area is 126 Å². The summed E-state index contributed by atoms with van der Waals surface area (Å²) in [5, 5.41) is 5.38. The summed E-state index contributed by atoms with van der Waals surface area (Å²) in [4.78, 5) is 23.4. The molecule has 21 heavy (non-hydrogen) atoms. The fourth-order valence-corrected chi connectivity index (χ4v) is 2.01. The smallest absolute Gasteiger partial charge is 0.251 e. The molecule has 0 saturated carbocycles. The number of anilines is 1. The third-order valence-electron chi connectivity index (χ3n) is 3.22. The first-order valence-corrected chi connectivity index (χ1v) is 7.32. The van der Waals surface area contributed by atoms with E-state index in [0.717, 1.165) is 25.7 Å². The molecule has 0 saturated heterocycles. The lowest BCUT2D eigenvalue weighted by Gasteiger charge is -2.11. The van der Waals surface area contributed by atoms with Gasteiger partial charge in [-0.1, -0.05) is 26.2 Å². The van der Waals surface area contributed by atoms with E-state index in [1.807, 2.05) is 0 Å². The lowest BCUT2D eigenvalue weighted by molar-refractivity contribution is -0.116. The molecule has 0 aliphatic heterocycles. The van der Waals surface area contributed by atoms with Crippen molar-refractivity contribution in [2.45, 2.75) is 39.0 Å². The molecule has 5 nitrogen and oxygen atoms in total. The number of ether oxygens (including phenoxy) is 1. The average molecular weight is 292 g/mol. The SMILES string of the molecule is CCCCCCC(=O)Nc1ccc(C(=O)NC)cc1OC. The summed E-state index contributed by atoms with van der Waals surface area (Å²) in [7, 11) is 3.08. The highest BCUT2D eigenvalue weighted by molar-refractivity contribution is 5.97. The predicted octanol–water partition coefficient (Wildman–Crippen LogP) is 2.96. The van der Waals surface area contributed by atoms with Gasteiger partial charge in [0.15, 0.2) is 0 Å². The van der Waals surface area contributed by atoms with Crippen molar-refractivity contribution in [3.8, 4) is 5.75 Å². The highest BCUT2D eigenvalue weighted by Crippen LogP contribution is 2.25. The normalized spacial score (nSPS) is 10.0. The van der Waals surface area contributed by atoms with Gasteiger partial charge < -0.3 is 15.4 Å². The van der Waals surface area contributed by atoms with Crippen molar-refractivity contribution in [2.24, 2.45) is 0 Å². The van der Waals surface area contributed by atoms with Crippen molar-refractivity contribution in [1.82, 2.24) is 5.32 Å². The van der Waals surface area contributed by atoms with Crippen molar-refractivity contribution in [3.63, 3.8) is 0 Å². The number of hydrogen-bond acceptors (Lipinski definition) is 3. The maximum absolute atomic E-state index is 11.9. The van der Waals surface area contributed by atoms with Crippen LogP contribution in [0.2, 0.25) is 0 Å². The predicted molar refractivity (Wildman–Crippen MR) is 83.8 cm³/mol. The van der Waals surface area contributed by atoms with Gasteiger partial charge in [-0.05, 0) is 24.6 Å². The van der Waals surface area contributed by atoms with Crippen LogP contribution in [-0.2, 0) is 4.79 Å². The minimum absolute atomic E-state index is 0.0305. The maximum atomic E-state index is 11.9. The number of hydrogen-bond donors (Lipinski definition) is 2. The average Bonchev–Trinajstić information content (AvgIpc) is 2.51. The highest BCUT2D eigenvalue weighted by Gasteiger charge is 2.11. The summed E-state index contributed by atoms with van der Waals surface area (Å²) in [6.45, 7) is 2.14. The Morgan fingerprint density at radius 3 is 2.57 bits per heavy atom. The van der Waals surface area contributed by atoms with Gasteiger partial charge in [0, 0.05) is 19.0 Å². The number of carbonyl (C=O) groups excluding carboxylic acids is 2. The van der Waals surface area contributed by atoms with Crippen LogP contribution in [0.3, 0.4) is 0 Å². The molecule has 1 aromatic rings. The van der Waals surface area contributed by atoms with Crippen LogP contribution in [0.15, 0.2) is 18.2 Å². The van der Waals surface area contributed by atoms with Crippen LogP contribution in [0.4, 0.5) is 5.69 Å². The van der Waals surface area contributed by atoms with Gasteiger partial charge in [0.1, 0.15) is 5.75 Å². The van der Waals surface area contributed by atoms with E-state index in [-0.39, 0.29) is 11.8 Å². The second kappa shape index (κ2) is 9.00. The zero-order chi connectivity index (χ0) is 15.7. The summed E-state index contributed by atoms with van der Waals surface area (Å²) < 4.78 is 5.23. The van der Waals surface area contributed by atoms with Gasteiger partial charge in [0.2, 0.25) is 5.91 Å². The molecule has 0 radical (unpaired) electrons. The second-order valence-electron chi connectivity index (χ2n) is 4.85. The van der Waals surface area contributed by atoms with Gasteiger partial charge in [-0.2, -0.15) is 0 Å². The van der Waals surface area contributed by atoms with Crippen molar-refractivity contribution in [3.05, 3.63) is 23.8 Å². The van der Waals surface area contributed by atoms with E-state index in [1.165, 1.54) is 7.11 Å². The van der Waals surface area contributed by atoms with E-state index in [4.69, 9.17) is 4.74 Å². The molecule has 0 aliphatic carbocycles. The van der Waals surface area contributed by atoms with Crippen molar-refractivity contribution >= 4 is 17.5 Å². The van der Waals surface area contributed by atoms with Crippen LogP contribution >= 0.6 is 0 Å². The monoisotopic (exact) mass is 292 g/mol. The topological polar surface area (TPSA) is 67.4 Å². The lowest BCUT2D eigenvalue weighted by Crippen LogP contribution is -2.18. The number of rotatable bonds is 8. The molecule has 0 aromatic heterocycles. The molecule has 0 heterocycles. The highest BCUT2D eigenvalue weighted by atomic mass is 16.5.